The van der Waals surface area contributed by atoms with E-state index >= 15 is 0 Å². The molecule has 1 aliphatic rings. The van der Waals surface area contributed by atoms with Crippen LogP contribution in [0.1, 0.15) is 13.3 Å². The molecule has 1 N–H and O–H groups in total. The molecule has 0 amide bonds. The molecule has 0 spiro atoms. The molecule has 0 bridgehead atoms. The normalized spacial score (nSPS) is 21.6. The van der Waals surface area contributed by atoms with Gasteiger partial charge in [-0.2, -0.15) is 0 Å². The minimum atomic E-state index is 0.450. The topological polar surface area (TPSA) is 12.0 Å². The van der Waals surface area contributed by atoms with Gasteiger partial charge < -0.3 is 5.32 Å². The average Bonchev–Trinajstić information content (AvgIpc) is 2.15. The van der Waals surface area contributed by atoms with E-state index < -0.39 is 0 Å². The van der Waals surface area contributed by atoms with Gasteiger partial charge in [0.1, 0.15) is 0 Å². The Morgan fingerprint density at radius 2 is 2.42 bits per heavy atom. The molecule has 1 heteroatoms. The van der Waals surface area contributed by atoms with Gasteiger partial charge in [0.25, 0.3) is 0 Å². The number of nitrogens with one attached hydrogen (secondary N) is 1. The predicted molar refractivity (Wildman–Crippen MR) is 53.5 cm³/mol. The molecule has 1 atom stereocenters. The Morgan fingerprint density at radius 3 is 3.00 bits per heavy atom. The van der Waals surface area contributed by atoms with Crippen molar-refractivity contribution in [3.8, 4) is 0 Å². The zero-order valence-corrected chi connectivity index (χ0v) is 7.46. The van der Waals surface area contributed by atoms with Gasteiger partial charge in [-0.25, -0.2) is 0 Å². The maximum Gasteiger partial charge on any atom is 0.0201 e. The summed E-state index contributed by atoms with van der Waals surface area (Å²) in [6.45, 7) is 5.95. The van der Waals surface area contributed by atoms with Crippen LogP contribution in [0, 0.1) is 5.92 Å². The van der Waals surface area contributed by atoms with Crippen molar-refractivity contribution in [3.63, 3.8) is 0 Å². The summed E-state index contributed by atoms with van der Waals surface area (Å²) in [6, 6.07) is 0. The Morgan fingerprint density at radius 1 is 1.58 bits per heavy atom. The van der Waals surface area contributed by atoms with Crippen LogP contribution in [0.4, 0.5) is 0 Å². The van der Waals surface area contributed by atoms with Crippen molar-refractivity contribution in [3.05, 3.63) is 48.9 Å². The first-order chi connectivity index (χ1) is 5.84. The predicted octanol–water partition coefficient (Wildman–Crippen LogP) is 2.76. The van der Waals surface area contributed by atoms with Gasteiger partial charge in [-0.3, -0.25) is 0 Å². The van der Waals surface area contributed by atoms with Gasteiger partial charge in [0.15, 0.2) is 0 Å². The zero-order chi connectivity index (χ0) is 8.81. The molecule has 1 nitrogen and oxygen atoms in total. The van der Waals surface area contributed by atoms with E-state index in [1.165, 1.54) is 0 Å². The second-order valence-corrected chi connectivity index (χ2v) is 2.82. The quantitative estimate of drug-likeness (QED) is 0.671. The molecule has 0 saturated heterocycles. The molecule has 1 rings (SSSR count). The lowest BCUT2D eigenvalue weighted by Crippen LogP contribution is -2.12. The van der Waals surface area contributed by atoms with E-state index in [9.17, 15) is 0 Å². The van der Waals surface area contributed by atoms with Crippen molar-refractivity contribution < 1.29 is 0 Å². The third kappa shape index (κ3) is 2.42. The van der Waals surface area contributed by atoms with Crippen LogP contribution in [0.15, 0.2) is 48.9 Å². The highest BCUT2D eigenvalue weighted by atomic mass is 14.8. The Hall–Kier alpha value is -1.24. The minimum Gasteiger partial charge on any atom is -0.365 e. The van der Waals surface area contributed by atoms with Gasteiger partial charge in [-0.05, 0) is 19.5 Å². The van der Waals surface area contributed by atoms with Crippen LogP contribution in [0.5, 0.6) is 0 Å². The molecule has 64 valence electrons. The highest BCUT2D eigenvalue weighted by molar-refractivity contribution is 5.19. The molecule has 0 heterocycles. The molecular formula is C11H15N. The summed E-state index contributed by atoms with van der Waals surface area (Å²) >= 11 is 0. The standard InChI is InChI=1S/C11H15N/c1-3-9-12-10(2)11-7-5-4-6-8-11/h3-7,9,11-12H,2,8H2,1H3/b9-3-. The largest absolute Gasteiger partial charge is 0.365 e. The lowest BCUT2D eigenvalue weighted by Gasteiger charge is -2.15. The summed E-state index contributed by atoms with van der Waals surface area (Å²) in [5.41, 5.74) is 1.06. The highest BCUT2D eigenvalue weighted by Gasteiger charge is 2.07. The van der Waals surface area contributed by atoms with E-state index in [2.05, 4.69) is 36.2 Å². The maximum atomic E-state index is 3.97. The number of hydrogen-bond donors (Lipinski definition) is 1. The third-order valence-electron chi connectivity index (χ3n) is 1.86. The Labute approximate surface area is 74.2 Å². The second-order valence-electron chi connectivity index (χ2n) is 2.82. The van der Waals surface area contributed by atoms with Crippen LogP contribution in [-0.4, -0.2) is 0 Å². The summed E-state index contributed by atoms with van der Waals surface area (Å²) < 4.78 is 0. The van der Waals surface area contributed by atoms with Crippen LogP contribution in [-0.2, 0) is 0 Å². The van der Waals surface area contributed by atoms with E-state index in [-0.39, 0.29) is 0 Å². The van der Waals surface area contributed by atoms with Crippen LogP contribution in [0.2, 0.25) is 0 Å². The molecular weight excluding hydrogens is 146 g/mol. The van der Waals surface area contributed by atoms with Crippen LogP contribution in [0.25, 0.3) is 0 Å². The smallest absolute Gasteiger partial charge is 0.0201 e. The number of rotatable bonds is 3. The Balaban J connectivity index is 2.42. The van der Waals surface area contributed by atoms with Gasteiger partial charge >= 0.3 is 0 Å². The van der Waals surface area contributed by atoms with Gasteiger partial charge in [0.2, 0.25) is 0 Å². The highest BCUT2D eigenvalue weighted by Crippen LogP contribution is 2.17. The molecule has 0 aliphatic heterocycles. The molecule has 0 aromatic heterocycles. The summed E-state index contributed by atoms with van der Waals surface area (Å²) in [5.74, 6) is 0.450. The first-order valence-corrected chi connectivity index (χ1v) is 4.24. The fourth-order valence-corrected chi connectivity index (χ4v) is 1.14. The first-order valence-electron chi connectivity index (χ1n) is 4.24. The molecule has 1 aliphatic carbocycles. The monoisotopic (exact) mass is 161 g/mol. The Bertz CT molecular complexity index is 233. The van der Waals surface area contributed by atoms with Gasteiger partial charge in [0, 0.05) is 11.6 Å². The molecule has 12 heavy (non-hydrogen) atoms. The van der Waals surface area contributed by atoms with Crippen molar-refractivity contribution in [2.45, 2.75) is 13.3 Å². The fourth-order valence-electron chi connectivity index (χ4n) is 1.14. The number of hydrogen-bond acceptors (Lipinski definition) is 1. The van der Waals surface area contributed by atoms with Gasteiger partial charge in [-0.1, -0.05) is 37.0 Å². The van der Waals surface area contributed by atoms with Crippen LogP contribution >= 0.6 is 0 Å². The van der Waals surface area contributed by atoms with E-state index in [0.717, 1.165) is 12.1 Å². The van der Waals surface area contributed by atoms with Crippen molar-refractivity contribution in [1.29, 1.82) is 0 Å². The van der Waals surface area contributed by atoms with Gasteiger partial charge in [-0.15, -0.1) is 0 Å². The lowest BCUT2D eigenvalue weighted by atomic mass is 9.98. The van der Waals surface area contributed by atoms with E-state index in [0.29, 0.717) is 5.92 Å². The van der Waals surface area contributed by atoms with E-state index in [1.807, 2.05) is 19.2 Å². The van der Waals surface area contributed by atoms with Crippen molar-refractivity contribution in [2.24, 2.45) is 5.92 Å². The maximum absolute atomic E-state index is 3.97. The molecule has 0 saturated carbocycles. The molecule has 0 aromatic carbocycles. The second kappa shape index (κ2) is 4.60. The van der Waals surface area contributed by atoms with E-state index in [4.69, 9.17) is 0 Å². The molecule has 1 unspecified atom stereocenters. The van der Waals surface area contributed by atoms with Gasteiger partial charge in [0.05, 0.1) is 0 Å². The van der Waals surface area contributed by atoms with Crippen LogP contribution in [0.3, 0.4) is 0 Å². The summed E-state index contributed by atoms with van der Waals surface area (Å²) in [7, 11) is 0. The zero-order valence-electron chi connectivity index (χ0n) is 7.46. The summed E-state index contributed by atoms with van der Waals surface area (Å²) in [6.07, 6.45) is 13.4. The molecule has 0 aromatic rings. The summed E-state index contributed by atoms with van der Waals surface area (Å²) in [5, 5.41) is 3.14. The third-order valence-corrected chi connectivity index (χ3v) is 1.86. The fraction of sp³-hybridized carbons (Fsp3) is 0.273. The minimum absolute atomic E-state index is 0.450. The summed E-state index contributed by atoms with van der Waals surface area (Å²) in [4.78, 5) is 0. The van der Waals surface area contributed by atoms with E-state index in [1.54, 1.807) is 0 Å². The molecule has 0 radical (unpaired) electrons. The number of allylic oxidation sites excluding steroid dienone is 5. The van der Waals surface area contributed by atoms with Crippen molar-refractivity contribution >= 4 is 0 Å². The average molecular weight is 161 g/mol. The van der Waals surface area contributed by atoms with Crippen molar-refractivity contribution in [2.75, 3.05) is 0 Å². The lowest BCUT2D eigenvalue weighted by molar-refractivity contribution is 0.720. The SMILES string of the molecule is C=C(N/C=C\C)C1C=CC=CC1. The Kier molecular flexibility index (Phi) is 3.39. The van der Waals surface area contributed by atoms with Crippen molar-refractivity contribution in [1.82, 2.24) is 5.32 Å². The van der Waals surface area contributed by atoms with Crippen LogP contribution < -0.4 is 5.32 Å². The first kappa shape index (κ1) is 8.85. The molecule has 0 fully saturated rings.